The lowest BCUT2D eigenvalue weighted by Gasteiger charge is -2.21. The first-order valence-electron chi connectivity index (χ1n) is 3.88. The van der Waals surface area contributed by atoms with E-state index < -0.39 is 0 Å². The highest BCUT2D eigenvalue weighted by Crippen LogP contribution is 2.12. The number of hydrogen-bond donors (Lipinski definition) is 3. The summed E-state index contributed by atoms with van der Waals surface area (Å²) < 4.78 is 0. The van der Waals surface area contributed by atoms with Gasteiger partial charge >= 0.3 is 0 Å². The molecule has 76 valence electrons. The van der Waals surface area contributed by atoms with Crippen LogP contribution in [-0.2, 0) is 6.54 Å². The van der Waals surface area contributed by atoms with E-state index in [0.29, 0.717) is 6.54 Å². The van der Waals surface area contributed by atoms with Gasteiger partial charge < -0.3 is 21.5 Å². The highest BCUT2D eigenvalue weighted by molar-refractivity contribution is 7.80. The molecular weight excluding hydrogens is 202 g/mol. The Bertz CT molecular complexity index is 313. The zero-order valence-corrected chi connectivity index (χ0v) is 8.12. The van der Waals surface area contributed by atoms with Crippen LogP contribution in [0.2, 0.25) is 0 Å². The zero-order valence-electron chi connectivity index (χ0n) is 7.30. The van der Waals surface area contributed by atoms with Crippen molar-refractivity contribution in [3.8, 4) is 0 Å². The van der Waals surface area contributed by atoms with Crippen molar-refractivity contribution in [3.63, 3.8) is 0 Å². The molecule has 1 aromatic carbocycles. The van der Waals surface area contributed by atoms with E-state index in [1.807, 2.05) is 0 Å². The van der Waals surface area contributed by atoms with Gasteiger partial charge in [-0.3, -0.25) is 5.21 Å². The molecule has 6 heteroatoms. The van der Waals surface area contributed by atoms with Crippen LogP contribution in [0.15, 0.2) is 24.3 Å². The minimum atomic E-state index is -0.190. The average Bonchev–Trinajstić information content (AvgIpc) is 2.15. The van der Waals surface area contributed by atoms with Gasteiger partial charge in [-0.2, -0.15) is 0 Å². The van der Waals surface area contributed by atoms with Crippen LogP contribution in [0.25, 0.3) is 0 Å². The third kappa shape index (κ3) is 3.17. The highest BCUT2D eigenvalue weighted by Gasteiger charge is 1.94. The lowest BCUT2D eigenvalue weighted by atomic mass is 10.2. The van der Waals surface area contributed by atoms with E-state index in [-0.39, 0.29) is 16.0 Å². The van der Waals surface area contributed by atoms with Crippen LogP contribution in [-0.4, -0.2) is 10.3 Å². The molecule has 0 aromatic heterocycles. The molecule has 0 heterocycles. The second-order valence-corrected chi connectivity index (χ2v) is 3.10. The summed E-state index contributed by atoms with van der Waals surface area (Å²) in [5, 5.41) is 21.8. The Morgan fingerprint density at radius 1 is 1.50 bits per heavy atom. The van der Waals surface area contributed by atoms with E-state index >= 15 is 0 Å². The first-order chi connectivity index (χ1) is 6.59. The van der Waals surface area contributed by atoms with Gasteiger partial charge in [0.05, 0.1) is 5.69 Å². The minimum Gasteiger partial charge on any atom is -0.733 e. The van der Waals surface area contributed by atoms with E-state index in [1.54, 1.807) is 12.1 Å². The van der Waals surface area contributed by atoms with Crippen molar-refractivity contribution < 1.29 is 5.21 Å². The molecule has 0 saturated carbocycles. The van der Waals surface area contributed by atoms with Gasteiger partial charge in [-0.1, -0.05) is 12.1 Å². The molecule has 0 fully saturated rings. The van der Waals surface area contributed by atoms with Crippen LogP contribution in [0.5, 0.6) is 0 Å². The number of nitrogens with two attached hydrogens (primary N) is 1. The van der Waals surface area contributed by atoms with Crippen LogP contribution in [0, 0.1) is 5.21 Å². The predicted molar refractivity (Wildman–Crippen MR) is 57.7 cm³/mol. The van der Waals surface area contributed by atoms with Crippen LogP contribution >= 0.6 is 12.2 Å². The third-order valence-corrected chi connectivity index (χ3v) is 1.77. The van der Waals surface area contributed by atoms with Crippen molar-refractivity contribution in [1.29, 1.82) is 0 Å². The van der Waals surface area contributed by atoms with Crippen molar-refractivity contribution >= 4 is 23.0 Å². The van der Waals surface area contributed by atoms with Crippen LogP contribution in [0.3, 0.4) is 0 Å². The number of rotatable bonds is 3. The highest BCUT2D eigenvalue weighted by atomic mass is 32.1. The summed E-state index contributed by atoms with van der Waals surface area (Å²) in [4.78, 5) is 0. The molecule has 0 radical (unpaired) electrons. The summed E-state index contributed by atoms with van der Waals surface area (Å²) in [5.74, 6) is 0. The smallest absolute Gasteiger partial charge is 0.163 e. The van der Waals surface area contributed by atoms with Crippen LogP contribution in [0.4, 0.5) is 5.69 Å². The molecule has 4 N–H and O–H groups in total. The number of thiocarbonyl (C=S) groups is 1. The van der Waals surface area contributed by atoms with Gasteiger partial charge in [-0.05, 0) is 29.9 Å². The summed E-state index contributed by atoms with van der Waals surface area (Å²) in [6.07, 6.45) is 0. The molecule has 1 aromatic rings. The Labute approximate surface area is 86.7 Å². The summed E-state index contributed by atoms with van der Waals surface area (Å²) in [6, 6.07) is 6.40. The molecule has 0 spiro atoms. The van der Waals surface area contributed by atoms with E-state index in [2.05, 4.69) is 17.5 Å². The van der Waals surface area contributed by atoms with E-state index in [0.717, 1.165) is 5.56 Å². The molecule has 0 aliphatic carbocycles. The fraction of sp³-hybridized carbons (Fsp3) is 0.125. The monoisotopic (exact) mass is 212 g/mol. The third-order valence-electron chi connectivity index (χ3n) is 1.62. The topological polar surface area (TPSA) is 84.6 Å². The second-order valence-electron chi connectivity index (χ2n) is 2.66. The fourth-order valence-electron chi connectivity index (χ4n) is 0.931. The van der Waals surface area contributed by atoms with E-state index in [9.17, 15) is 5.21 Å². The van der Waals surface area contributed by atoms with Gasteiger partial charge in [0.2, 0.25) is 0 Å². The number of benzene rings is 1. The number of nitrogens with one attached hydrogen (secondary N) is 1. The Balaban J connectivity index is 2.59. The number of nitrogens with zero attached hydrogens (tertiary/aromatic N) is 1. The first-order valence-corrected chi connectivity index (χ1v) is 4.29. The maximum Gasteiger partial charge on any atom is 0.163 e. The standard InChI is InChI=1S/C8H10N3O2S/c9-8(14)10-5-6-1-3-7(4-2-6)11(12)13/h1-4,12H,5H2,(H3,9,10,14)/q-1. The van der Waals surface area contributed by atoms with Crippen molar-refractivity contribution in [1.82, 2.24) is 5.32 Å². The van der Waals surface area contributed by atoms with Gasteiger partial charge in [0.25, 0.3) is 0 Å². The minimum absolute atomic E-state index is 0.184. The number of anilines is 1. The molecule has 0 unspecified atom stereocenters. The summed E-state index contributed by atoms with van der Waals surface area (Å²) in [5.41, 5.74) is 6.34. The predicted octanol–water partition coefficient (Wildman–Crippen LogP) is 0.713. The largest absolute Gasteiger partial charge is 0.733 e. The molecule has 0 amide bonds. The van der Waals surface area contributed by atoms with E-state index in [1.165, 1.54) is 12.1 Å². The lowest BCUT2D eigenvalue weighted by Crippen LogP contribution is -2.28. The normalized spacial score (nSPS) is 9.57. The molecule has 5 nitrogen and oxygen atoms in total. The Kier molecular flexibility index (Phi) is 3.63. The molecule has 1 rings (SSSR count). The molecule has 14 heavy (non-hydrogen) atoms. The van der Waals surface area contributed by atoms with Crippen molar-refractivity contribution in [2.75, 3.05) is 5.23 Å². The van der Waals surface area contributed by atoms with Crippen LogP contribution < -0.4 is 16.3 Å². The quantitative estimate of drug-likeness (QED) is 0.505. The fourth-order valence-corrected chi connectivity index (χ4v) is 1.00. The lowest BCUT2D eigenvalue weighted by molar-refractivity contribution is 0.296. The van der Waals surface area contributed by atoms with Crippen LogP contribution in [0.1, 0.15) is 5.56 Å². The van der Waals surface area contributed by atoms with Gasteiger partial charge in [0, 0.05) is 6.54 Å². The van der Waals surface area contributed by atoms with Crippen molar-refractivity contribution in [3.05, 3.63) is 35.0 Å². The van der Waals surface area contributed by atoms with Gasteiger partial charge in [0.1, 0.15) is 0 Å². The SMILES string of the molecule is NC(=S)NCc1ccc(N([O-])O)cc1. The first kappa shape index (κ1) is 10.7. The second kappa shape index (κ2) is 4.75. The van der Waals surface area contributed by atoms with Gasteiger partial charge in [0.15, 0.2) is 5.11 Å². The van der Waals surface area contributed by atoms with E-state index in [4.69, 9.17) is 10.9 Å². The van der Waals surface area contributed by atoms with Gasteiger partial charge in [-0.15, -0.1) is 0 Å². The number of hydrogen-bond acceptors (Lipinski definition) is 4. The molecule has 0 atom stereocenters. The molecule has 0 aliphatic heterocycles. The summed E-state index contributed by atoms with van der Waals surface area (Å²) in [6.45, 7) is 0.500. The van der Waals surface area contributed by atoms with Gasteiger partial charge in [-0.25, -0.2) is 0 Å². The maximum atomic E-state index is 10.4. The van der Waals surface area contributed by atoms with Crippen molar-refractivity contribution in [2.24, 2.45) is 5.73 Å². The Morgan fingerprint density at radius 2 is 2.07 bits per heavy atom. The Hall–Kier alpha value is -1.37. The average molecular weight is 212 g/mol. The molecule has 0 bridgehead atoms. The molecular formula is C8H10N3O2S-. The Morgan fingerprint density at radius 3 is 2.50 bits per heavy atom. The molecule has 0 saturated heterocycles. The zero-order chi connectivity index (χ0) is 10.6. The summed E-state index contributed by atoms with van der Waals surface area (Å²) >= 11 is 4.63. The molecule has 0 aliphatic rings. The maximum absolute atomic E-state index is 10.4. The summed E-state index contributed by atoms with van der Waals surface area (Å²) in [7, 11) is 0. The van der Waals surface area contributed by atoms with Crippen molar-refractivity contribution in [2.45, 2.75) is 6.54 Å².